The number of nitriles is 1. The summed E-state index contributed by atoms with van der Waals surface area (Å²) in [6.07, 6.45) is 3.95. The highest BCUT2D eigenvalue weighted by molar-refractivity contribution is 5.33. The quantitative estimate of drug-likeness (QED) is 0.658. The molecule has 0 N–H and O–H groups in total. The van der Waals surface area contributed by atoms with Gasteiger partial charge in [-0.1, -0.05) is 0 Å². The van der Waals surface area contributed by atoms with E-state index in [1.54, 1.807) is 6.20 Å². The minimum atomic E-state index is -0.280. The molecule has 0 aromatic carbocycles. The molecule has 2 rings (SSSR count). The van der Waals surface area contributed by atoms with Gasteiger partial charge in [0.25, 0.3) is 5.54 Å². The highest BCUT2D eigenvalue weighted by Crippen LogP contribution is 2.49. The van der Waals surface area contributed by atoms with E-state index in [-0.39, 0.29) is 5.54 Å². The Morgan fingerprint density at radius 3 is 2.79 bits per heavy atom. The lowest BCUT2D eigenvalue weighted by Crippen LogP contribution is -2.01. The van der Waals surface area contributed by atoms with Gasteiger partial charge in [0.1, 0.15) is 0 Å². The summed E-state index contributed by atoms with van der Waals surface area (Å²) in [6.45, 7) is 7.08. The first-order chi connectivity index (χ1) is 6.80. The molecule has 0 saturated heterocycles. The third kappa shape index (κ3) is 1.34. The minimum absolute atomic E-state index is 0.280. The zero-order valence-electron chi connectivity index (χ0n) is 7.70. The van der Waals surface area contributed by atoms with E-state index in [1.807, 2.05) is 18.2 Å². The van der Waals surface area contributed by atoms with E-state index >= 15 is 0 Å². The van der Waals surface area contributed by atoms with Gasteiger partial charge < -0.3 is 4.85 Å². The van der Waals surface area contributed by atoms with E-state index in [2.05, 4.69) is 9.83 Å². The first-order valence-electron chi connectivity index (χ1n) is 4.52. The van der Waals surface area contributed by atoms with Crippen LogP contribution in [0.25, 0.3) is 4.85 Å². The van der Waals surface area contributed by atoms with Crippen LogP contribution in [0.2, 0.25) is 0 Å². The van der Waals surface area contributed by atoms with Gasteiger partial charge in [-0.05, 0) is 12.1 Å². The van der Waals surface area contributed by atoms with E-state index in [0.29, 0.717) is 6.42 Å². The summed E-state index contributed by atoms with van der Waals surface area (Å²) in [7, 11) is 0. The van der Waals surface area contributed by atoms with Crippen LogP contribution in [-0.4, -0.2) is 4.98 Å². The maximum Gasteiger partial charge on any atom is 0.259 e. The third-order valence-corrected chi connectivity index (χ3v) is 2.56. The van der Waals surface area contributed by atoms with E-state index in [0.717, 1.165) is 24.1 Å². The van der Waals surface area contributed by atoms with Crippen LogP contribution >= 0.6 is 0 Å². The van der Waals surface area contributed by atoms with Gasteiger partial charge in [0.05, 0.1) is 23.7 Å². The Bertz CT molecular complexity index is 415. The summed E-state index contributed by atoms with van der Waals surface area (Å²) < 4.78 is 0. The van der Waals surface area contributed by atoms with E-state index < -0.39 is 0 Å². The molecule has 68 valence electrons. The zero-order chi connectivity index (χ0) is 10.0. The van der Waals surface area contributed by atoms with Crippen LogP contribution in [-0.2, 0) is 12.0 Å². The molecular formula is C11H9N3. The molecule has 0 unspecified atom stereocenters. The fourth-order valence-electron chi connectivity index (χ4n) is 1.47. The number of hydrogen-bond acceptors (Lipinski definition) is 2. The number of pyridine rings is 1. The molecule has 0 spiro atoms. The Morgan fingerprint density at radius 2 is 2.36 bits per heavy atom. The predicted molar refractivity (Wildman–Crippen MR) is 51.1 cm³/mol. The SMILES string of the molecule is [C-]#[N+]C1(c2ccc(CC#N)nc2)CC1. The van der Waals surface area contributed by atoms with E-state index in [9.17, 15) is 0 Å². The average molecular weight is 183 g/mol. The van der Waals surface area contributed by atoms with Gasteiger partial charge in [-0.3, -0.25) is 4.98 Å². The molecule has 0 aliphatic heterocycles. The number of rotatable bonds is 2. The summed E-state index contributed by atoms with van der Waals surface area (Å²) >= 11 is 0. The zero-order valence-corrected chi connectivity index (χ0v) is 7.70. The van der Waals surface area contributed by atoms with Crippen molar-refractivity contribution in [3.05, 3.63) is 41.0 Å². The number of aromatic nitrogens is 1. The molecule has 1 aromatic rings. The fraction of sp³-hybridized carbons (Fsp3) is 0.364. The molecule has 0 bridgehead atoms. The van der Waals surface area contributed by atoms with Crippen LogP contribution in [0.15, 0.2) is 18.3 Å². The molecule has 1 aromatic heterocycles. The van der Waals surface area contributed by atoms with Crippen molar-refractivity contribution in [3.8, 4) is 6.07 Å². The van der Waals surface area contributed by atoms with Crippen LogP contribution in [0.5, 0.6) is 0 Å². The second-order valence-corrected chi connectivity index (χ2v) is 3.52. The average Bonchev–Trinajstić information content (AvgIpc) is 3.00. The third-order valence-electron chi connectivity index (χ3n) is 2.56. The number of hydrogen-bond donors (Lipinski definition) is 0. The van der Waals surface area contributed by atoms with Crippen LogP contribution < -0.4 is 0 Å². The minimum Gasteiger partial charge on any atom is -0.305 e. The summed E-state index contributed by atoms with van der Waals surface area (Å²) in [4.78, 5) is 7.78. The van der Waals surface area contributed by atoms with Crippen molar-refractivity contribution in [2.24, 2.45) is 0 Å². The largest absolute Gasteiger partial charge is 0.305 e. The molecule has 3 heteroatoms. The summed E-state index contributed by atoms with van der Waals surface area (Å²) in [6, 6.07) is 5.81. The van der Waals surface area contributed by atoms with Crippen molar-refractivity contribution in [1.29, 1.82) is 5.26 Å². The van der Waals surface area contributed by atoms with Crippen molar-refractivity contribution in [1.82, 2.24) is 4.98 Å². The predicted octanol–water partition coefficient (Wildman–Crippen LogP) is 2.06. The molecule has 1 aliphatic rings. The lowest BCUT2D eigenvalue weighted by molar-refractivity contribution is 0.868. The normalized spacial score (nSPS) is 16.7. The first-order valence-corrected chi connectivity index (χ1v) is 4.52. The van der Waals surface area contributed by atoms with E-state index in [4.69, 9.17) is 11.8 Å². The van der Waals surface area contributed by atoms with E-state index in [1.165, 1.54) is 0 Å². The Kier molecular flexibility index (Phi) is 1.94. The van der Waals surface area contributed by atoms with Crippen molar-refractivity contribution in [3.63, 3.8) is 0 Å². The smallest absolute Gasteiger partial charge is 0.259 e. The maximum absolute atomic E-state index is 8.47. The molecule has 1 heterocycles. The van der Waals surface area contributed by atoms with Crippen molar-refractivity contribution in [2.45, 2.75) is 24.8 Å². The van der Waals surface area contributed by atoms with Crippen molar-refractivity contribution >= 4 is 0 Å². The van der Waals surface area contributed by atoms with Gasteiger partial charge in [0.15, 0.2) is 0 Å². The number of nitrogens with zero attached hydrogens (tertiary/aromatic N) is 3. The fourth-order valence-corrected chi connectivity index (χ4v) is 1.47. The van der Waals surface area contributed by atoms with Gasteiger partial charge >= 0.3 is 0 Å². The molecule has 0 atom stereocenters. The molecule has 3 nitrogen and oxygen atoms in total. The van der Waals surface area contributed by atoms with Gasteiger partial charge in [-0.15, -0.1) is 0 Å². The van der Waals surface area contributed by atoms with Crippen LogP contribution in [0.3, 0.4) is 0 Å². The topological polar surface area (TPSA) is 41.0 Å². The lowest BCUT2D eigenvalue weighted by atomic mass is 10.1. The maximum atomic E-state index is 8.47. The standard InChI is InChI=1S/C11H9N3/c1-13-11(5-6-11)9-2-3-10(4-7-12)14-8-9/h2-3,8H,4-6H2. The second kappa shape index (κ2) is 3.12. The molecular weight excluding hydrogens is 174 g/mol. The first kappa shape index (κ1) is 8.72. The molecule has 1 aliphatic carbocycles. The van der Waals surface area contributed by atoms with Crippen LogP contribution in [0, 0.1) is 17.9 Å². The highest BCUT2D eigenvalue weighted by Gasteiger charge is 2.52. The van der Waals surface area contributed by atoms with Gasteiger partial charge in [0.2, 0.25) is 0 Å². The second-order valence-electron chi connectivity index (χ2n) is 3.52. The Labute approximate surface area is 82.8 Å². The molecule has 0 amide bonds. The van der Waals surface area contributed by atoms with Crippen LogP contribution in [0.1, 0.15) is 24.1 Å². The summed E-state index contributed by atoms with van der Waals surface area (Å²) in [5.74, 6) is 0. The van der Waals surface area contributed by atoms with Gasteiger partial charge in [0, 0.05) is 19.0 Å². The van der Waals surface area contributed by atoms with Crippen LogP contribution in [0.4, 0.5) is 0 Å². The molecule has 1 saturated carbocycles. The Morgan fingerprint density at radius 1 is 1.57 bits per heavy atom. The summed E-state index contributed by atoms with van der Waals surface area (Å²) in [5.41, 5.74) is 1.49. The van der Waals surface area contributed by atoms with Gasteiger partial charge in [-0.25, -0.2) is 6.57 Å². The Hall–Kier alpha value is -1.87. The summed E-state index contributed by atoms with van der Waals surface area (Å²) in [5, 5.41) is 8.47. The molecule has 0 radical (unpaired) electrons. The monoisotopic (exact) mass is 183 g/mol. The van der Waals surface area contributed by atoms with Crippen molar-refractivity contribution < 1.29 is 0 Å². The van der Waals surface area contributed by atoms with Gasteiger partial charge in [-0.2, -0.15) is 5.26 Å². The molecule has 14 heavy (non-hydrogen) atoms. The molecule has 1 fully saturated rings. The Balaban J connectivity index is 2.24. The lowest BCUT2D eigenvalue weighted by Gasteiger charge is -2.01. The highest BCUT2D eigenvalue weighted by atomic mass is 14.9. The van der Waals surface area contributed by atoms with Crippen molar-refractivity contribution in [2.75, 3.05) is 0 Å².